The molecule has 0 aliphatic carbocycles. The van der Waals surface area contributed by atoms with E-state index in [1.165, 1.54) is 0 Å². The maximum Gasteiger partial charge on any atom is 0.227 e. The number of benzene rings is 1. The summed E-state index contributed by atoms with van der Waals surface area (Å²) < 4.78 is 0. The lowest BCUT2D eigenvalue weighted by Crippen LogP contribution is -2.48. The Hall–Kier alpha value is -1.39. The van der Waals surface area contributed by atoms with E-state index >= 15 is 0 Å². The number of nitrogens with one attached hydrogen (secondary N) is 2. The lowest BCUT2D eigenvalue weighted by molar-refractivity contribution is -0.131. The van der Waals surface area contributed by atoms with Crippen LogP contribution in [0, 0.1) is 5.41 Å². The van der Waals surface area contributed by atoms with E-state index in [4.69, 9.17) is 0 Å². The molecule has 4 nitrogen and oxygen atoms in total. The van der Waals surface area contributed by atoms with Crippen LogP contribution in [0.1, 0.15) is 37.9 Å². The number of rotatable bonds is 5. The minimum absolute atomic E-state index is 0.0879. The summed E-state index contributed by atoms with van der Waals surface area (Å²) in [4.78, 5) is 12.2. The fraction of sp³-hybridized carbons (Fsp3) is 0.562. The Morgan fingerprint density at radius 1 is 1.45 bits per heavy atom. The van der Waals surface area contributed by atoms with Crippen molar-refractivity contribution in [2.24, 2.45) is 5.41 Å². The largest absolute Gasteiger partial charge is 0.388 e. The van der Waals surface area contributed by atoms with E-state index in [1.54, 1.807) is 0 Å². The second-order valence-corrected chi connectivity index (χ2v) is 5.81. The summed E-state index contributed by atoms with van der Waals surface area (Å²) in [5.74, 6) is 0.0879. The first kappa shape index (κ1) is 15.0. The van der Waals surface area contributed by atoms with Gasteiger partial charge in [-0.15, -0.1) is 0 Å². The molecule has 0 saturated carbocycles. The van der Waals surface area contributed by atoms with Gasteiger partial charge in [0, 0.05) is 13.1 Å². The van der Waals surface area contributed by atoms with E-state index < -0.39 is 6.10 Å². The molecule has 4 heteroatoms. The number of aliphatic hydroxyl groups excluding tert-OH is 1. The van der Waals surface area contributed by atoms with Gasteiger partial charge >= 0.3 is 0 Å². The van der Waals surface area contributed by atoms with Crippen LogP contribution in [0.3, 0.4) is 0 Å². The minimum Gasteiger partial charge on any atom is -0.388 e. The van der Waals surface area contributed by atoms with Crippen molar-refractivity contribution in [3.63, 3.8) is 0 Å². The van der Waals surface area contributed by atoms with Crippen LogP contribution < -0.4 is 10.6 Å². The highest BCUT2D eigenvalue weighted by atomic mass is 16.3. The summed E-state index contributed by atoms with van der Waals surface area (Å²) in [7, 11) is 0. The van der Waals surface area contributed by atoms with Gasteiger partial charge in [-0.25, -0.2) is 0 Å². The van der Waals surface area contributed by atoms with Crippen molar-refractivity contribution in [1.29, 1.82) is 0 Å². The first-order valence-electron chi connectivity index (χ1n) is 7.34. The zero-order valence-electron chi connectivity index (χ0n) is 12.1. The third kappa shape index (κ3) is 3.81. The van der Waals surface area contributed by atoms with Gasteiger partial charge in [0.1, 0.15) is 0 Å². The van der Waals surface area contributed by atoms with Crippen molar-refractivity contribution in [1.82, 2.24) is 10.6 Å². The topological polar surface area (TPSA) is 61.4 Å². The molecule has 0 bridgehead atoms. The fourth-order valence-corrected chi connectivity index (χ4v) is 2.63. The average Bonchev–Trinajstić information content (AvgIpc) is 2.48. The molecular weight excluding hydrogens is 252 g/mol. The fourth-order valence-electron chi connectivity index (χ4n) is 2.63. The van der Waals surface area contributed by atoms with Crippen LogP contribution in [0.4, 0.5) is 0 Å². The Morgan fingerprint density at radius 3 is 2.85 bits per heavy atom. The van der Waals surface area contributed by atoms with Gasteiger partial charge in [-0.1, -0.05) is 30.3 Å². The monoisotopic (exact) mass is 276 g/mol. The highest BCUT2D eigenvalue weighted by Crippen LogP contribution is 2.25. The third-order valence-electron chi connectivity index (χ3n) is 4.03. The molecule has 2 rings (SSSR count). The molecule has 1 aromatic carbocycles. The van der Waals surface area contributed by atoms with Gasteiger partial charge in [0.15, 0.2) is 0 Å². The quantitative estimate of drug-likeness (QED) is 0.766. The molecule has 0 aromatic heterocycles. The summed E-state index contributed by atoms with van der Waals surface area (Å²) in [6.07, 6.45) is 1.98. The molecule has 2 atom stereocenters. The zero-order valence-corrected chi connectivity index (χ0v) is 12.1. The maximum atomic E-state index is 12.2. The van der Waals surface area contributed by atoms with Crippen molar-refractivity contribution >= 4 is 5.91 Å². The standard InChI is InChI=1S/C16H24N2O2/c1-16(9-5-10-17-12-16)15(20)18-11-8-14(19)13-6-3-2-4-7-13/h2-4,6-7,14,17,19H,5,8-12H2,1H3,(H,18,20). The van der Waals surface area contributed by atoms with Gasteiger partial charge in [-0.3, -0.25) is 4.79 Å². The minimum atomic E-state index is -0.520. The summed E-state index contributed by atoms with van der Waals surface area (Å²) in [5, 5.41) is 16.3. The molecule has 1 aliphatic rings. The predicted molar refractivity (Wildman–Crippen MR) is 79.2 cm³/mol. The maximum absolute atomic E-state index is 12.2. The number of hydrogen-bond acceptors (Lipinski definition) is 3. The van der Waals surface area contributed by atoms with E-state index in [0.717, 1.165) is 31.5 Å². The molecule has 20 heavy (non-hydrogen) atoms. The second-order valence-electron chi connectivity index (χ2n) is 5.81. The lowest BCUT2D eigenvalue weighted by atomic mass is 9.82. The van der Waals surface area contributed by atoms with Crippen molar-refractivity contribution < 1.29 is 9.90 Å². The molecule has 1 heterocycles. The number of amides is 1. The molecule has 3 N–H and O–H groups in total. The zero-order chi connectivity index (χ0) is 14.4. The molecule has 1 aromatic rings. The summed E-state index contributed by atoms with van der Waals surface area (Å²) in [6.45, 7) is 4.24. The Morgan fingerprint density at radius 2 is 2.20 bits per heavy atom. The Labute approximate surface area is 120 Å². The van der Waals surface area contributed by atoms with Crippen molar-refractivity contribution in [2.45, 2.75) is 32.3 Å². The van der Waals surface area contributed by atoms with Crippen molar-refractivity contribution in [3.05, 3.63) is 35.9 Å². The van der Waals surface area contributed by atoms with Crippen LogP contribution in [0.5, 0.6) is 0 Å². The first-order valence-corrected chi connectivity index (χ1v) is 7.34. The number of carbonyl (C=O) groups excluding carboxylic acids is 1. The summed E-state index contributed by atoms with van der Waals surface area (Å²) >= 11 is 0. The molecule has 1 amide bonds. The van der Waals surface area contributed by atoms with Gasteiger partial charge in [0.25, 0.3) is 0 Å². The molecule has 1 fully saturated rings. The Kier molecular flexibility index (Phi) is 5.15. The smallest absolute Gasteiger partial charge is 0.227 e. The highest BCUT2D eigenvalue weighted by Gasteiger charge is 2.34. The third-order valence-corrected chi connectivity index (χ3v) is 4.03. The van der Waals surface area contributed by atoms with Gasteiger partial charge in [0.05, 0.1) is 11.5 Å². The van der Waals surface area contributed by atoms with Gasteiger partial charge < -0.3 is 15.7 Å². The van der Waals surface area contributed by atoms with E-state index in [0.29, 0.717) is 13.0 Å². The molecule has 1 aliphatic heterocycles. The average molecular weight is 276 g/mol. The SMILES string of the molecule is CC1(C(=O)NCCC(O)c2ccccc2)CCCNC1. The number of aliphatic hydroxyl groups is 1. The van der Waals surface area contributed by atoms with Crippen molar-refractivity contribution in [3.8, 4) is 0 Å². The number of carbonyl (C=O) groups is 1. The van der Waals surface area contributed by atoms with Crippen LogP contribution in [-0.4, -0.2) is 30.6 Å². The van der Waals surface area contributed by atoms with Crippen LogP contribution in [-0.2, 0) is 4.79 Å². The summed E-state index contributed by atoms with van der Waals surface area (Å²) in [6, 6.07) is 9.55. The molecule has 0 radical (unpaired) electrons. The van der Waals surface area contributed by atoms with E-state index in [-0.39, 0.29) is 11.3 Å². The van der Waals surface area contributed by atoms with Crippen LogP contribution in [0.25, 0.3) is 0 Å². The van der Waals surface area contributed by atoms with Crippen LogP contribution >= 0.6 is 0 Å². The Balaban J connectivity index is 1.76. The highest BCUT2D eigenvalue weighted by molar-refractivity contribution is 5.82. The number of hydrogen-bond donors (Lipinski definition) is 3. The van der Waals surface area contributed by atoms with Gasteiger partial charge in [-0.2, -0.15) is 0 Å². The molecule has 0 spiro atoms. The van der Waals surface area contributed by atoms with Crippen LogP contribution in [0.2, 0.25) is 0 Å². The predicted octanol–water partition coefficient (Wildman–Crippen LogP) is 1.62. The molecule has 2 unspecified atom stereocenters. The van der Waals surface area contributed by atoms with E-state index in [1.807, 2.05) is 37.3 Å². The lowest BCUT2D eigenvalue weighted by Gasteiger charge is -2.32. The summed E-state index contributed by atoms with van der Waals surface area (Å²) in [5.41, 5.74) is 0.586. The van der Waals surface area contributed by atoms with E-state index in [9.17, 15) is 9.90 Å². The Bertz CT molecular complexity index is 427. The number of piperidine rings is 1. The van der Waals surface area contributed by atoms with Gasteiger partial charge in [-0.05, 0) is 38.3 Å². The molecule has 1 saturated heterocycles. The first-order chi connectivity index (χ1) is 9.62. The molecular formula is C16H24N2O2. The van der Waals surface area contributed by atoms with Crippen LogP contribution in [0.15, 0.2) is 30.3 Å². The molecule has 110 valence electrons. The van der Waals surface area contributed by atoms with Gasteiger partial charge in [0.2, 0.25) is 5.91 Å². The normalized spacial score (nSPS) is 24.1. The van der Waals surface area contributed by atoms with Crippen molar-refractivity contribution in [2.75, 3.05) is 19.6 Å². The van der Waals surface area contributed by atoms with E-state index in [2.05, 4.69) is 10.6 Å². The second kappa shape index (κ2) is 6.86.